The minimum atomic E-state index is -0.533. The maximum atomic E-state index is 13.6. The van der Waals surface area contributed by atoms with Crippen LogP contribution in [0, 0.1) is 12.7 Å². The number of aliphatic imine (C=N–C) groups is 1. The molecule has 2 rings (SSSR count). The van der Waals surface area contributed by atoms with E-state index in [0.29, 0.717) is 31.2 Å². The van der Waals surface area contributed by atoms with Crippen LogP contribution in [-0.2, 0) is 4.74 Å². The Morgan fingerprint density at radius 1 is 1.26 bits per heavy atom. The zero-order valence-electron chi connectivity index (χ0n) is 18.8. The zero-order valence-corrected chi connectivity index (χ0v) is 21.1. The molecular weight excluding hydrogens is 516 g/mol. The molecule has 1 aliphatic rings. The molecule has 174 valence electrons. The average Bonchev–Trinajstić information content (AvgIpc) is 3.10. The molecule has 0 saturated carbocycles. The summed E-state index contributed by atoms with van der Waals surface area (Å²) in [4.78, 5) is 30.4. The Kier molecular flexibility index (Phi) is 10.5. The number of hydrogen-bond donors (Lipinski definition) is 3. The molecule has 10 heteroatoms. The molecule has 1 aliphatic heterocycles. The molecule has 3 N–H and O–H groups in total. The van der Waals surface area contributed by atoms with Crippen molar-refractivity contribution in [1.82, 2.24) is 20.9 Å². The number of likely N-dealkylation sites (tertiary alicyclic amines) is 1. The normalized spacial score (nSPS) is 16.4. The number of hydrogen-bond acceptors (Lipinski definition) is 4. The van der Waals surface area contributed by atoms with E-state index in [-0.39, 0.29) is 41.5 Å². The number of amides is 2. The number of ether oxygens (including phenoxy) is 1. The van der Waals surface area contributed by atoms with Crippen molar-refractivity contribution < 1.29 is 18.7 Å². The lowest BCUT2D eigenvalue weighted by molar-refractivity contribution is 0.0507. The van der Waals surface area contributed by atoms with Crippen LogP contribution in [0.4, 0.5) is 9.18 Å². The fourth-order valence-electron chi connectivity index (χ4n) is 3.06. The highest BCUT2D eigenvalue weighted by atomic mass is 127. The molecular formula is C21H33FIN5O3. The molecule has 31 heavy (non-hydrogen) atoms. The summed E-state index contributed by atoms with van der Waals surface area (Å²) >= 11 is 0. The number of alkyl carbamates (subject to hydrolysis) is 1. The summed E-state index contributed by atoms with van der Waals surface area (Å²) in [5.74, 6) is -0.0302. The maximum absolute atomic E-state index is 13.6. The van der Waals surface area contributed by atoms with Crippen LogP contribution in [0.5, 0.6) is 0 Å². The van der Waals surface area contributed by atoms with Gasteiger partial charge in [-0.25, -0.2) is 9.18 Å². The van der Waals surface area contributed by atoms with E-state index in [0.717, 1.165) is 13.0 Å². The third kappa shape index (κ3) is 8.88. The Bertz CT molecular complexity index is 798. The predicted molar refractivity (Wildman–Crippen MR) is 130 cm³/mol. The van der Waals surface area contributed by atoms with Gasteiger partial charge in [-0.15, -0.1) is 24.0 Å². The van der Waals surface area contributed by atoms with Crippen LogP contribution >= 0.6 is 24.0 Å². The second kappa shape index (κ2) is 12.1. The summed E-state index contributed by atoms with van der Waals surface area (Å²) in [5.41, 5.74) is 0.259. The number of aryl methyl sites for hydroxylation is 1. The van der Waals surface area contributed by atoms with Crippen molar-refractivity contribution in [1.29, 1.82) is 0 Å². The van der Waals surface area contributed by atoms with E-state index < -0.39 is 17.5 Å². The molecule has 1 aromatic carbocycles. The quantitative estimate of drug-likeness (QED) is 0.227. The van der Waals surface area contributed by atoms with Gasteiger partial charge in [0.2, 0.25) is 0 Å². The van der Waals surface area contributed by atoms with E-state index in [2.05, 4.69) is 20.9 Å². The van der Waals surface area contributed by atoms with Gasteiger partial charge < -0.3 is 25.6 Å². The summed E-state index contributed by atoms with van der Waals surface area (Å²) in [5, 5.41) is 8.83. The number of nitrogens with zero attached hydrogens (tertiary/aromatic N) is 2. The largest absolute Gasteiger partial charge is 0.444 e. The summed E-state index contributed by atoms with van der Waals surface area (Å²) in [6.07, 6.45) is 0.364. The third-order valence-electron chi connectivity index (χ3n) is 4.55. The van der Waals surface area contributed by atoms with Gasteiger partial charge in [0.15, 0.2) is 5.96 Å². The summed E-state index contributed by atoms with van der Waals surface area (Å²) in [6.45, 7) is 9.32. The third-order valence-corrected chi connectivity index (χ3v) is 4.55. The van der Waals surface area contributed by atoms with Gasteiger partial charge in [0.25, 0.3) is 5.91 Å². The predicted octanol–water partition coefficient (Wildman–Crippen LogP) is 2.66. The number of halogens is 2. The molecule has 8 nitrogen and oxygen atoms in total. The number of benzene rings is 1. The molecule has 1 unspecified atom stereocenters. The molecule has 1 atom stereocenters. The van der Waals surface area contributed by atoms with Crippen molar-refractivity contribution in [2.24, 2.45) is 4.99 Å². The molecule has 1 heterocycles. The Morgan fingerprint density at radius 2 is 1.94 bits per heavy atom. The second-order valence-electron chi connectivity index (χ2n) is 8.27. The fourth-order valence-corrected chi connectivity index (χ4v) is 3.06. The summed E-state index contributed by atoms with van der Waals surface area (Å²) < 4.78 is 18.9. The molecule has 0 bridgehead atoms. The van der Waals surface area contributed by atoms with Gasteiger partial charge in [-0.1, -0.05) is 6.07 Å². The van der Waals surface area contributed by atoms with Crippen molar-refractivity contribution in [2.45, 2.75) is 45.8 Å². The lowest BCUT2D eigenvalue weighted by Crippen LogP contribution is -2.45. The van der Waals surface area contributed by atoms with Gasteiger partial charge in [0.05, 0.1) is 6.04 Å². The van der Waals surface area contributed by atoms with E-state index in [1.807, 2.05) is 25.7 Å². The Labute approximate surface area is 200 Å². The van der Waals surface area contributed by atoms with Crippen molar-refractivity contribution in [3.63, 3.8) is 0 Å². The second-order valence-corrected chi connectivity index (χ2v) is 8.27. The molecule has 1 aromatic rings. The van der Waals surface area contributed by atoms with E-state index in [1.54, 1.807) is 26.1 Å². The first-order chi connectivity index (χ1) is 14.1. The molecule has 0 aliphatic carbocycles. The molecule has 2 amide bonds. The van der Waals surface area contributed by atoms with E-state index >= 15 is 0 Å². The van der Waals surface area contributed by atoms with Crippen LogP contribution < -0.4 is 16.0 Å². The van der Waals surface area contributed by atoms with Gasteiger partial charge in [0, 0.05) is 38.8 Å². The van der Waals surface area contributed by atoms with Crippen molar-refractivity contribution in [2.75, 3.05) is 33.2 Å². The van der Waals surface area contributed by atoms with E-state index in [9.17, 15) is 14.0 Å². The highest BCUT2D eigenvalue weighted by Gasteiger charge is 2.27. The molecule has 1 fully saturated rings. The van der Waals surface area contributed by atoms with Crippen LogP contribution in [0.3, 0.4) is 0 Å². The fraction of sp³-hybridized carbons (Fsp3) is 0.571. The standard InChI is InChI=1S/C21H32FN5O3.HI/c1-14-6-7-15(12-17(14)22)18(28)24-9-10-25-19(23-5)27-11-8-16(13-27)26-20(29)30-21(2,3)4;/h6-7,12,16H,8-11,13H2,1-5H3,(H,23,25)(H,24,28)(H,26,29);1H. The first-order valence-corrected chi connectivity index (χ1v) is 10.1. The Morgan fingerprint density at radius 3 is 2.55 bits per heavy atom. The van der Waals surface area contributed by atoms with Gasteiger partial charge in [-0.2, -0.15) is 0 Å². The lowest BCUT2D eigenvalue weighted by Gasteiger charge is -2.23. The number of carbonyl (C=O) groups is 2. The van der Waals surface area contributed by atoms with Gasteiger partial charge >= 0.3 is 6.09 Å². The molecule has 0 aromatic heterocycles. The van der Waals surface area contributed by atoms with Gasteiger partial charge in [-0.05, 0) is 51.8 Å². The van der Waals surface area contributed by atoms with Crippen molar-refractivity contribution in [3.8, 4) is 0 Å². The van der Waals surface area contributed by atoms with Crippen molar-refractivity contribution in [3.05, 3.63) is 35.1 Å². The van der Waals surface area contributed by atoms with Crippen LogP contribution in [0.2, 0.25) is 0 Å². The maximum Gasteiger partial charge on any atom is 0.407 e. The minimum absolute atomic E-state index is 0. The number of carbonyl (C=O) groups excluding carboxylic acids is 2. The highest BCUT2D eigenvalue weighted by molar-refractivity contribution is 14.0. The van der Waals surface area contributed by atoms with E-state index in [4.69, 9.17) is 4.74 Å². The molecule has 1 saturated heterocycles. The number of nitrogens with one attached hydrogen (secondary N) is 3. The summed E-state index contributed by atoms with van der Waals surface area (Å²) in [6, 6.07) is 4.40. The minimum Gasteiger partial charge on any atom is -0.444 e. The highest BCUT2D eigenvalue weighted by Crippen LogP contribution is 2.12. The number of rotatable bonds is 5. The Balaban J connectivity index is 0.00000480. The lowest BCUT2D eigenvalue weighted by atomic mass is 10.1. The van der Waals surface area contributed by atoms with Crippen LogP contribution in [0.25, 0.3) is 0 Å². The summed E-state index contributed by atoms with van der Waals surface area (Å²) in [7, 11) is 1.69. The van der Waals surface area contributed by atoms with Crippen LogP contribution in [0.1, 0.15) is 43.1 Å². The van der Waals surface area contributed by atoms with Crippen LogP contribution in [-0.4, -0.2) is 67.7 Å². The molecule has 0 radical (unpaired) electrons. The van der Waals surface area contributed by atoms with Gasteiger partial charge in [-0.3, -0.25) is 9.79 Å². The number of guanidine groups is 1. The SMILES string of the molecule is CN=C(NCCNC(=O)c1ccc(C)c(F)c1)N1CCC(NC(=O)OC(C)(C)C)C1.I. The van der Waals surface area contributed by atoms with E-state index in [1.165, 1.54) is 6.07 Å². The molecule has 0 spiro atoms. The smallest absolute Gasteiger partial charge is 0.407 e. The first kappa shape index (κ1) is 26.9. The topological polar surface area (TPSA) is 95.1 Å². The zero-order chi connectivity index (χ0) is 22.3. The van der Waals surface area contributed by atoms with Crippen molar-refractivity contribution >= 4 is 41.9 Å². The average molecular weight is 549 g/mol. The Hall–Kier alpha value is -2.11. The van der Waals surface area contributed by atoms with Crippen LogP contribution in [0.15, 0.2) is 23.2 Å². The first-order valence-electron chi connectivity index (χ1n) is 10.1. The monoisotopic (exact) mass is 549 g/mol. The van der Waals surface area contributed by atoms with Gasteiger partial charge in [0.1, 0.15) is 11.4 Å².